The standard InChI is InChI=1S/C17H21NOS/c1-12(14-8-10-15(20-3)11-9-14)18-17-7-5-4-6-16(17)13(2)19/h4-13,18-19H,1-3H3. The van der Waals surface area contributed by atoms with E-state index in [0.717, 1.165) is 11.3 Å². The number of aliphatic hydroxyl groups excluding tert-OH is 1. The Balaban J connectivity index is 2.16. The monoisotopic (exact) mass is 287 g/mol. The molecule has 0 aliphatic heterocycles. The van der Waals surface area contributed by atoms with Crippen molar-refractivity contribution >= 4 is 17.4 Å². The number of rotatable bonds is 5. The third-order valence-electron chi connectivity index (χ3n) is 3.40. The molecule has 0 saturated heterocycles. The summed E-state index contributed by atoms with van der Waals surface area (Å²) in [7, 11) is 0. The number of aliphatic hydroxyl groups is 1. The van der Waals surface area contributed by atoms with Crippen LogP contribution in [-0.4, -0.2) is 11.4 Å². The molecule has 2 unspecified atom stereocenters. The van der Waals surface area contributed by atoms with Crippen molar-refractivity contribution in [1.29, 1.82) is 0 Å². The van der Waals surface area contributed by atoms with Crippen molar-refractivity contribution in [3.8, 4) is 0 Å². The lowest BCUT2D eigenvalue weighted by atomic mass is 10.1. The van der Waals surface area contributed by atoms with Gasteiger partial charge >= 0.3 is 0 Å². The van der Waals surface area contributed by atoms with Crippen LogP contribution in [0.4, 0.5) is 5.69 Å². The Bertz CT molecular complexity index is 551. The first-order valence-corrected chi connectivity index (χ1v) is 8.01. The summed E-state index contributed by atoms with van der Waals surface area (Å²) in [6.45, 7) is 3.92. The van der Waals surface area contributed by atoms with Gasteiger partial charge in [0.15, 0.2) is 0 Å². The van der Waals surface area contributed by atoms with Crippen LogP contribution < -0.4 is 5.32 Å². The Hall–Kier alpha value is -1.45. The van der Waals surface area contributed by atoms with Crippen LogP contribution in [0, 0.1) is 0 Å². The summed E-state index contributed by atoms with van der Waals surface area (Å²) < 4.78 is 0. The van der Waals surface area contributed by atoms with Gasteiger partial charge in [-0.3, -0.25) is 0 Å². The van der Waals surface area contributed by atoms with E-state index in [1.807, 2.05) is 24.3 Å². The molecule has 0 radical (unpaired) electrons. The van der Waals surface area contributed by atoms with Crippen LogP contribution in [0.5, 0.6) is 0 Å². The molecule has 3 heteroatoms. The fourth-order valence-corrected chi connectivity index (χ4v) is 2.61. The zero-order valence-electron chi connectivity index (χ0n) is 12.1. The molecule has 0 heterocycles. The van der Waals surface area contributed by atoms with E-state index < -0.39 is 6.10 Å². The van der Waals surface area contributed by atoms with Gasteiger partial charge in [-0.2, -0.15) is 0 Å². The molecular formula is C17H21NOS. The largest absolute Gasteiger partial charge is 0.389 e. The first-order valence-electron chi connectivity index (χ1n) is 6.79. The van der Waals surface area contributed by atoms with Crippen LogP contribution in [0.15, 0.2) is 53.4 Å². The van der Waals surface area contributed by atoms with Crippen molar-refractivity contribution in [2.75, 3.05) is 11.6 Å². The summed E-state index contributed by atoms with van der Waals surface area (Å²) in [4.78, 5) is 1.27. The average molecular weight is 287 g/mol. The predicted molar refractivity (Wildman–Crippen MR) is 87.3 cm³/mol. The fraction of sp³-hybridized carbons (Fsp3) is 0.294. The molecule has 106 valence electrons. The van der Waals surface area contributed by atoms with Gasteiger partial charge in [0, 0.05) is 22.2 Å². The second-order valence-electron chi connectivity index (χ2n) is 4.90. The number of anilines is 1. The lowest BCUT2D eigenvalue weighted by Gasteiger charge is -2.19. The minimum absolute atomic E-state index is 0.200. The number of hydrogen-bond acceptors (Lipinski definition) is 3. The van der Waals surface area contributed by atoms with Crippen molar-refractivity contribution in [1.82, 2.24) is 0 Å². The number of hydrogen-bond donors (Lipinski definition) is 2. The molecule has 2 atom stereocenters. The summed E-state index contributed by atoms with van der Waals surface area (Å²) in [6.07, 6.45) is 1.61. The maximum atomic E-state index is 9.81. The quantitative estimate of drug-likeness (QED) is 0.786. The topological polar surface area (TPSA) is 32.3 Å². The summed E-state index contributed by atoms with van der Waals surface area (Å²) >= 11 is 1.75. The highest BCUT2D eigenvalue weighted by molar-refractivity contribution is 7.98. The van der Waals surface area contributed by atoms with Crippen molar-refractivity contribution < 1.29 is 5.11 Å². The van der Waals surface area contributed by atoms with Gasteiger partial charge in [-0.25, -0.2) is 0 Å². The molecule has 0 aromatic heterocycles. The summed E-state index contributed by atoms with van der Waals surface area (Å²) in [6, 6.07) is 16.7. The van der Waals surface area contributed by atoms with E-state index in [1.54, 1.807) is 18.7 Å². The lowest BCUT2D eigenvalue weighted by molar-refractivity contribution is 0.200. The number of nitrogens with one attached hydrogen (secondary N) is 1. The van der Waals surface area contributed by atoms with Crippen molar-refractivity contribution in [3.05, 3.63) is 59.7 Å². The number of para-hydroxylation sites is 1. The van der Waals surface area contributed by atoms with E-state index in [1.165, 1.54) is 10.5 Å². The highest BCUT2D eigenvalue weighted by atomic mass is 32.2. The van der Waals surface area contributed by atoms with Crippen LogP contribution in [0.25, 0.3) is 0 Å². The normalized spacial score (nSPS) is 13.8. The van der Waals surface area contributed by atoms with Gasteiger partial charge in [0.2, 0.25) is 0 Å². The SMILES string of the molecule is CSc1ccc(C(C)Nc2ccccc2C(C)O)cc1. The second kappa shape index (κ2) is 6.82. The molecule has 2 aromatic carbocycles. The number of thioether (sulfide) groups is 1. The van der Waals surface area contributed by atoms with Crippen LogP contribution in [0.3, 0.4) is 0 Å². The van der Waals surface area contributed by atoms with E-state index in [2.05, 4.69) is 42.8 Å². The van der Waals surface area contributed by atoms with Gasteiger partial charge in [-0.1, -0.05) is 30.3 Å². The summed E-state index contributed by atoms with van der Waals surface area (Å²) in [5, 5.41) is 13.3. The molecule has 2 rings (SSSR count). The second-order valence-corrected chi connectivity index (χ2v) is 5.78. The minimum Gasteiger partial charge on any atom is -0.389 e. The fourth-order valence-electron chi connectivity index (χ4n) is 2.20. The van der Waals surface area contributed by atoms with Crippen LogP contribution in [-0.2, 0) is 0 Å². The predicted octanol–water partition coefficient (Wildman–Crippen LogP) is 4.63. The zero-order valence-corrected chi connectivity index (χ0v) is 12.9. The van der Waals surface area contributed by atoms with Gasteiger partial charge in [0.25, 0.3) is 0 Å². The highest BCUT2D eigenvalue weighted by Gasteiger charge is 2.10. The summed E-state index contributed by atoms with van der Waals surface area (Å²) in [5.41, 5.74) is 3.16. The van der Waals surface area contributed by atoms with Gasteiger partial charge in [-0.05, 0) is 43.9 Å². The first-order chi connectivity index (χ1) is 9.61. The highest BCUT2D eigenvalue weighted by Crippen LogP contribution is 2.27. The van der Waals surface area contributed by atoms with Gasteiger partial charge in [0.1, 0.15) is 0 Å². The van der Waals surface area contributed by atoms with Crippen molar-refractivity contribution in [2.45, 2.75) is 30.9 Å². The van der Waals surface area contributed by atoms with Gasteiger partial charge in [-0.15, -0.1) is 11.8 Å². The third kappa shape index (κ3) is 3.56. The average Bonchev–Trinajstić information content (AvgIpc) is 2.47. The molecule has 0 amide bonds. The first kappa shape index (κ1) is 14.9. The molecule has 20 heavy (non-hydrogen) atoms. The molecule has 2 N–H and O–H groups in total. The smallest absolute Gasteiger partial charge is 0.0781 e. The molecule has 0 spiro atoms. The maximum Gasteiger partial charge on any atom is 0.0781 e. The van der Waals surface area contributed by atoms with E-state index in [9.17, 15) is 5.11 Å². The van der Waals surface area contributed by atoms with E-state index >= 15 is 0 Å². The molecular weight excluding hydrogens is 266 g/mol. The minimum atomic E-state index is -0.468. The molecule has 0 aliphatic carbocycles. The van der Waals surface area contributed by atoms with Crippen LogP contribution in [0.2, 0.25) is 0 Å². The van der Waals surface area contributed by atoms with Crippen LogP contribution in [0.1, 0.15) is 37.1 Å². The van der Waals surface area contributed by atoms with E-state index in [4.69, 9.17) is 0 Å². The Morgan fingerprint density at radius 2 is 1.65 bits per heavy atom. The molecule has 2 nitrogen and oxygen atoms in total. The Morgan fingerprint density at radius 3 is 2.25 bits per heavy atom. The third-order valence-corrected chi connectivity index (χ3v) is 4.14. The van der Waals surface area contributed by atoms with Gasteiger partial charge < -0.3 is 10.4 Å². The Morgan fingerprint density at radius 1 is 1.00 bits per heavy atom. The lowest BCUT2D eigenvalue weighted by Crippen LogP contribution is -2.09. The Labute approximate surface area is 125 Å². The van der Waals surface area contributed by atoms with Crippen molar-refractivity contribution in [3.63, 3.8) is 0 Å². The molecule has 2 aromatic rings. The Kier molecular flexibility index (Phi) is 5.10. The van der Waals surface area contributed by atoms with E-state index in [-0.39, 0.29) is 6.04 Å². The van der Waals surface area contributed by atoms with Crippen LogP contribution >= 0.6 is 11.8 Å². The summed E-state index contributed by atoms with van der Waals surface area (Å²) in [5.74, 6) is 0. The maximum absolute atomic E-state index is 9.81. The number of benzene rings is 2. The molecule has 0 bridgehead atoms. The molecule has 0 aliphatic rings. The van der Waals surface area contributed by atoms with E-state index in [0.29, 0.717) is 0 Å². The molecule has 0 fully saturated rings. The van der Waals surface area contributed by atoms with Crippen molar-refractivity contribution in [2.24, 2.45) is 0 Å². The van der Waals surface area contributed by atoms with Gasteiger partial charge in [0.05, 0.1) is 6.10 Å². The zero-order chi connectivity index (χ0) is 14.5. The molecule has 0 saturated carbocycles.